The molecule has 1 N–H and O–H groups in total. The molecule has 0 aliphatic carbocycles. The highest BCUT2D eigenvalue weighted by molar-refractivity contribution is 5.38. The number of nitrogens with zero attached hydrogens (tertiary/aromatic N) is 3. The van der Waals surface area contributed by atoms with Gasteiger partial charge in [0.25, 0.3) is 0 Å². The average Bonchev–Trinajstić information content (AvgIpc) is 3.06. The van der Waals surface area contributed by atoms with Gasteiger partial charge >= 0.3 is 0 Å². The smallest absolute Gasteiger partial charge is 0.128 e. The second-order valence-electron chi connectivity index (χ2n) is 6.31. The van der Waals surface area contributed by atoms with Gasteiger partial charge in [0.2, 0.25) is 0 Å². The minimum atomic E-state index is 0.727. The lowest BCUT2D eigenvalue weighted by molar-refractivity contribution is 0.206. The Morgan fingerprint density at radius 2 is 2.10 bits per heavy atom. The molecule has 0 spiro atoms. The summed E-state index contributed by atoms with van der Waals surface area (Å²) in [6.45, 7) is 7.48. The van der Waals surface area contributed by atoms with E-state index in [-0.39, 0.29) is 0 Å². The van der Waals surface area contributed by atoms with Crippen molar-refractivity contribution in [3.05, 3.63) is 23.9 Å². The van der Waals surface area contributed by atoms with Gasteiger partial charge in [0, 0.05) is 46.5 Å². The first-order valence-corrected chi connectivity index (χ1v) is 7.84. The zero-order valence-electron chi connectivity index (χ0n) is 13.1. The molecule has 3 rings (SSSR count). The van der Waals surface area contributed by atoms with Gasteiger partial charge in [-0.1, -0.05) is 6.07 Å². The maximum atomic E-state index is 5.10. The zero-order chi connectivity index (χ0) is 14.7. The Labute approximate surface area is 127 Å². The van der Waals surface area contributed by atoms with E-state index in [9.17, 15) is 0 Å². The van der Waals surface area contributed by atoms with Gasteiger partial charge in [0.1, 0.15) is 5.82 Å². The molecule has 116 valence electrons. The van der Waals surface area contributed by atoms with E-state index in [1.54, 1.807) is 7.11 Å². The van der Waals surface area contributed by atoms with Crippen molar-refractivity contribution < 1.29 is 4.74 Å². The van der Waals surface area contributed by atoms with E-state index in [4.69, 9.17) is 4.74 Å². The highest BCUT2D eigenvalue weighted by Gasteiger charge is 2.35. The van der Waals surface area contributed by atoms with Gasteiger partial charge in [-0.05, 0) is 36.6 Å². The van der Waals surface area contributed by atoms with E-state index >= 15 is 0 Å². The van der Waals surface area contributed by atoms with Crippen LogP contribution in [0.3, 0.4) is 0 Å². The summed E-state index contributed by atoms with van der Waals surface area (Å²) in [6, 6.07) is 4.32. The fourth-order valence-electron chi connectivity index (χ4n) is 3.42. The molecule has 2 aliphatic heterocycles. The normalized spacial score (nSPS) is 25.2. The topological polar surface area (TPSA) is 40.6 Å². The summed E-state index contributed by atoms with van der Waals surface area (Å²) >= 11 is 0. The first kappa shape index (κ1) is 14.8. The van der Waals surface area contributed by atoms with Crippen molar-refractivity contribution in [1.82, 2.24) is 15.2 Å². The van der Waals surface area contributed by atoms with Crippen LogP contribution in [0.15, 0.2) is 18.3 Å². The van der Waals surface area contributed by atoms with E-state index in [1.807, 2.05) is 6.20 Å². The third-order valence-electron chi connectivity index (χ3n) is 4.70. The quantitative estimate of drug-likeness (QED) is 0.840. The van der Waals surface area contributed by atoms with Crippen LogP contribution in [-0.2, 0) is 11.3 Å². The maximum absolute atomic E-state index is 5.10. The van der Waals surface area contributed by atoms with Crippen LogP contribution in [0.25, 0.3) is 0 Å². The van der Waals surface area contributed by atoms with Gasteiger partial charge in [0.15, 0.2) is 0 Å². The molecule has 2 atom stereocenters. The molecular weight excluding hydrogens is 264 g/mol. The lowest BCUT2D eigenvalue weighted by Gasteiger charge is -2.19. The van der Waals surface area contributed by atoms with Crippen LogP contribution < -0.4 is 10.2 Å². The summed E-state index contributed by atoms with van der Waals surface area (Å²) in [7, 11) is 3.78. The first-order chi connectivity index (χ1) is 10.3. The minimum Gasteiger partial charge on any atom is -0.383 e. The molecule has 2 saturated heterocycles. The maximum Gasteiger partial charge on any atom is 0.128 e. The number of pyridine rings is 1. The van der Waals surface area contributed by atoms with Crippen molar-refractivity contribution in [3.8, 4) is 0 Å². The number of fused-ring (bicyclic) bond motifs is 1. The van der Waals surface area contributed by atoms with Gasteiger partial charge in [-0.15, -0.1) is 0 Å². The molecule has 5 heteroatoms. The number of rotatable bonds is 6. The van der Waals surface area contributed by atoms with Crippen LogP contribution in [0.4, 0.5) is 5.82 Å². The average molecular weight is 290 g/mol. The van der Waals surface area contributed by atoms with Crippen molar-refractivity contribution in [2.75, 3.05) is 58.4 Å². The Balaban J connectivity index is 1.52. The van der Waals surface area contributed by atoms with E-state index in [0.717, 1.165) is 37.4 Å². The van der Waals surface area contributed by atoms with Crippen LogP contribution in [0.1, 0.15) is 5.56 Å². The predicted octanol–water partition coefficient (Wildman–Crippen LogP) is 0.815. The van der Waals surface area contributed by atoms with Gasteiger partial charge < -0.3 is 15.0 Å². The predicted molar refractivity (Wildman–Crippen MR) is 84.5 cm³/mol. The van der Waals surface area contributed by atoms with Crippen molar-refractivity contribution in [3.63, 3.8) is 0 Å². The zero-order valence-corrected chi connectivity index (χ0v) is 13.1. The summed E-state index contributed by atoms with van der Waals surface area (Å²) in [6.07, 6.45) is 2.02. The SMILES string of the molecule is COCCN(C)c1ccc(CN2C[C@H]3CNC[C@H]3C2)cn1. The fourth-order valence-corrected chi connectivity index (χ4v) is 3.42. The first-order valence-electron chi connectivity index (χ1n) is 7.84. The summed E-state index contributed by atoms with van der Waals surface area (Å²) in [5.74, 6) is 2.73. The van der Waals surface area contributed by atoms with Crippen molar-refractivity contribution in [1.29, 1.82) is 0 Å². The molecule has 0 radical (unpaired) electrons. The van der Waals surface area contributed by atoms with Gasteiger partial charge in [-0.2, -0.15) is 0 Å². The second-order valence-corrected chi connectivity index (χ2v) is 6.31. The molecule has 2 fully saturated rings. The Kier molecular flexibility index (Phi) is 4.73. The van der Waals surface area contributed by atoms with Crippen LogP contribution >= 0.6 is 0 Å². The molecule has 3 heterocycles. The van der Waals surface area contributed by atoms with Gasteiger partial charge in [-0.3, -0.25) is 4.90 Å². The summed E-state index contributed by atoms with van der Waals surface area (Å²) in [4.78, 5) is 9.27. The van der Waals surface area contributed by atoms with Crippen LogP contribution in [0, 0.1) is 11.8 Å². The van der Waals surface area contributed by atoms with E-state index < -0.39 is 0 Å². The van der Waals surface area contributed by atoms with Crippen molar-refractivity contribution in [2.24, 2.45) is 11.8 Å². The van der Waals surface area contributed by atoms with Gasteiger partial charge in [-0.25, -0.2) is 4.98 Å². The molecule has 0 unspecified atom stereocenters. The van der Waals surface area contributed by atoms with Crippen LogP contribution in [-0.4, -0.2) is 63.4 Å². The molecule has 2 aliphatic rings. The second kappa shape index (κ2) is 6.73. The standard InChI is InChI=1S/C16H26N4O/c1-19(5-6-21-2)16-4-3-13(7-18-16)10-20-11-14-8-17-9-15(14)12-20/h3-4,7,14-15,17H,5-6,8-12H2,1-2H3/t14-,15+. The number of ether oxygens (including phenoxy) is 1. The Morgan fingerprint density at radius 3 is 2.71 bits per heavy atom. The summed E-state index contributed by atoms with van der Waals surface area (Å²) in [5, 5.41) is 3.49. The highest BCUT2D eigenvalue weighted by Crippen LogP contribution is 2.27. The largest absolute Gasteiger partial charge is 0.383 e. The molecule has 0 aromatic carbocycles. The Bertz CT molecular complexity index is 438. The van der Waals surface area contributed by atoms with E-state index in [2.05, 4.69) is 39.3 Å². The molecule has 0 saturated carbocycles. The number of nitrogens with one attached hydrogen (secondary N) is 1. The molecular formula is C16H26N4O. The summed E-state index contributed by atoms with van der Waals surface area (Å²) in [5.41, 5.74) is 1.31. The Hall–Kier alpha value is -1.17. The highest BCUT2D eigenvalue weighted by atomic mass is 16.5. The molecule has 0 amide bonds. The number of methoxy groups -OCH3 is 1. The number of hydrogen-bond donors (Lipinski definition) is 1. The van der Waals surface area contributed by atoms with E-state index in [0.29, 0.717) is 0 Å². The number of aromatic nitrogens is 1. The molecule has 1 aromatic rings. The van der Waals surface area contributed by atoms with Crippen LogP contribution in [0.5, 0.6) is 0 Å². The van der Waals surface area contributed by atoms with Crippen LogP contribution in [0.2, 0.25) is 0 Å². The molecule has 21 heavy (non-hydrogen) atoms. The number of hydrogen-bond acceptors (Lipinski definition) is 5. The lowest BCUT2D eigenvalue weighted by Crippen LogP contribution is -2.26. The third kappa shape index (κ3) is 3.54. The number of anilines is 1. The minimum absolute atomic E-state index is 0.727. The lowest BCUT2D eigenvalue weighted by atomic mass is 10.0. The molecule has 0 bridgehead atoms. The summed E-state index contributed by atoms with van der Waals surface area (Å²) < 4.78 is 5.10. The number of likely N-dealkylation sites (N-methyl/N-ethyl adjacent to an activating group) is 1. The van der Waals surface area contributed by atoms with Crippen molar-refractivity contribution >= 4 is 5.82 Å². The van der Waals surface area contributed by atoms with Crippen molar-refractivity contribution in [2.45, 2.75) is 6.54 Å². The van der Waals surface area contributed by atoms with E-state index in [1.165, 1.54) is 31.7 Å². The molecule has 1 aromatic heterocycles. The molecule has 5 nitrogen and oxygen atoms in total. The fraction of sp³-hybridized carbons (Fsp3) is 0.688. The third-order valence-corrected chi connectivity index (χ3v) is 4.70. The monoisotopic (exact) mass is 290 g/mol. The number of likely N-dealkylation sites (tertiary alicyclic amines) is 1. The Morgan fingerprint density at radius 1 is 1.33 bits per heavy atom. The van der Waals surface area contributed by atoms with Gasteiger partial charge in [0.05, 0.1) is 6.61 Å².